The van der Waals surface area contributed by atoms with Crippen LogP contribution in [0.5, 0.6) is 0 Å². The molecule has 0 unspecified atom stereocenters. The normalized spacial score (nSPS) is 17.7. The molecule has 0 aromatic carbocycles. The first kappa shape index (κ1) is 21.3. The van der Waals surface area contributed by atoms with Crippen molar-refractivity contribution in [3.63, 3.8) is 0 Å². The smallest absolute Gasteiger partial charge is 0.255 e. The minimum atomic E-state index is 0.0788. The molecule has 158 valence electrons. The lowest BCUT2D eigenvalue weighted by atomic mass is 10.1. The summed E-state index contributed by atoms with van der Waals surface area (Å²) in [5, 5.41) is 0. The number of piperazine rings is 1. The van der Waals surface area contributed by atoms with Gasteiger partial charge in [-0.05, 0) is 39.3 Å². The van der Waals surface area contributed by atoms with E-state index < -0.39 is 0 Å². The highest BCUT2D eigenvalue weighted by molar-refractivity contribution is 5.94. The van der Waals surface area contributed by atoms with E-state index in [0.717, 1.165) is 44.2 Å². The molecule has 1 fully saturated rings. The molecule has 1 amide bonds. The molecule has 3 heterocycles. The van der Waals surface area contributed by atoms with Crippen molar-refractivity contribution < 1.29 is 4.79 Å². The first-order valence-electron chi connectivity index (χ1n) is 10.7. The zero-order valence-corrected chi connectivity index (χ0v) is 18.4. The van der Waals surface area contributed by atoms with Gasteiger partial charge >= 0.3 is 0 Å². The lowest BCUT2D eigenvalue weighted by Gasteiger charge is -2.43. The van der Waals surface area contributed by atoms with E-state index in [0.29, 0.717) is 24.2 Å². The minimum absolute atomic E-state index is 0.0788. The molecule has 0 saturated carbocycles. The fourth-order valence-electron chi connectivity index (χ4n) is 4.09. The van der Waals surface area contributed by atoms with E-state index in [2.05, 4.69) is 52.0 Å². The maximum Gasteiger partial charge on any atom is 0.255 e. The Balaban J connectivity index is 1.64. The second-order valence-corrected chi connectivity index (χ2v) is 8.04. The Labute approximate surface area is 174 Å². The third-order valence-corrected chi connectivity index (χ3v) is 5.86. The summed E-state index contributed by atoms with van der Waals surface area (Å²) in [6.45, 7) is 12.8. The van der Waals surface area contributed by atoms with Crippen molar-refractivity contribution in [2.45, 2.75) is 59.3 Å². The van der Waals surface area contributed by atoms with E-state index in [9.17, 15) is 4.79 Å². The summed E-state index contributed by atoms with van der Waals surface area (Å²) in [6, 6.07) is 4.75. The molecule has 0 radical (unpaired) electrons. The van der Waals surface area contributed by atoms with Crippen molar-refractivity contribution >= 4 is 11.7 Å². The zero-order valence-electron chi connectivity index (χ0n) is 18.4. The SMILES string of the molecule is CC[C@@H]1CN(C(=O)c2ccc(N(C)Cc3nccn3CC)nc2)CCN1C(C)C. The summed E-state index contributed by atoms with van der Waals surface area (Å²) < 4.78 is 2.12. The number of imidazole rings is 1. The van der Waals surface area contributed by atoms with E-state index in [4.69, 9.17) is 0 Å². The van der Waals surface area contributed by atoms with Crippen molar-refractivity contribution in [3.05, 3.63) is 42.1 Å². The van der Waals surface area contributed by atoms with Gasteiger partial charge < -0.3 is 14.4 Å². The van der Waals surface area contributed by atoms with Crippen molar-refractivity contribution in [2.24, 2.45) is 0 Å². The number of aromatic nitrogens is 3. The number of hydrogen-bond acceptors (Lipinski definition) is 5. The van der Waals surface area contributed by atoms with Crippen LogP contribution in [-0.2, 0) is 13.1 Å². The molecular weight excluding hydrogens is 364 g/mol. The number of amides is 1. The Morgan fingerprint density at radius 1 is 1.24 bits per heavy atom. The van der Waals surface area contributed by atoms with Gasteiger partial charge in [0.15, 0.2) is 0 Å². The van der Waals surface area contributed by atoms with Gasteiger partial charge in [0.2, 0.25) is 0 Å². The predicted octanol–water partition coefficient (Wildman–Crippen LogP) is 2.88. The van der Waals surface area contributed by atoms with Crippen LogP contribution in [0.25, 0.3) is 0 Å². The van der Waals surface area contributed by atoms with Gasteiger partial charge in [-0.15, -0.1) is 0 Å². The van der Waals surface area contributed by atoms with Gasteiger partial charge in [0.25, 0.3) is 5.91 Å². The number of carbonyl (C=O) groups excluding carboxylic acids is 1. The van der Waals surface area contributed by atoms with E-state index in [-0.39, 0.29) is 5.91 Å². The van der Waals surface area contributed by atoms with Crippen LogP contribution in [0.1, 0.15) is 50.3 Å². The summed E-state index contributed by atoms with van der Waals surface area (Å²) in [7, 11) is 2.00. The van der Waals surface area contributed by atoms with Gasteiger partial charge in [-0.1, -0.05) is 6.92 Å². The average Bonchev–Trinajstić information content (AvgIpc) is 3.19. The van der Waals surface area contributed by atoms with Crippen molar-refractivity contribution in [3.8, 4) is 0 Å². The Morgan fingerprint density at radius 2 is 2.03 bits per heavy atom. The van der Waals surface area contributed by atoms with Crippen molar-refractivity contribution in [2.75, 3.05) is 31.6 Å². The highest BCUT2D eigenvalue weighted by Gasteiger charge is 2.30. The highest BCUT2D eigenvalue weighted by Crippen LogP contribution is 2.19. The zero-order chi connectivity index (χ0) is 21.0. The summed E-state index contributed by atoms with van der Waals surface area (Å²) in [5.41, 5.74) is 0.657. The Kier molecular flexibility index (Phi) is 6.90. The quantitative estimate of drug-likeness (QED) is 0.718. The maximum absolute atomic E-state index is 13.0. The Bertz CT molecular complexity index is 800. The van der Waals surface area contributed by atoms with Crippen LogP contribution >= 0.6 is 0 Å². The number of carbonyl (C=O) groups is 1. The molecule has 1 atom stereocenters. The van der Waals surface area contributed by atoms with Crippen LogP contribution < -0.4 is 4.90 Å². The molecule has 1 aliphatic rings. The lowest BCUT2D eigenvalue weighted by Crippen LogP contribution is -2.56. The molecule has 0 spiro atoms. The second kappa shape index (κ2) is 9.39. The number of rotatable bonds is 7. The first-order chi connectivity index (χ1) is 13.9. The Hall–Kier alpha value is -2.41. The van der Waals surface area contributed by atoms with Gasteiger partial charge in [-0.3, -0.25) is 9.69 Å². The molecule has 29 heavy (non-hydrogen) atoms. The maximum atomic E-state index is 13.0. The van der Waals surface area contributed by atoms with Gasteiger partial charge in [0.1, 0.15) is 11.6 Å². The summed E-state index contributed by atoms with van der Waals surface area (Å²) in [5.74, 6) is 1.92. The number of hydrogen-bond donors (Lipinski definition) is 0. The number of anilines is 1. The average molecular weight is 399 g/mol. The third-order valence-electron chi connectivity index (χ3n) is 5.86. The van der Waals surface area contributed by atoms with Crippen LogP contribution in [0, 0.1) is 0 Å². The van der Waals surface area contributed by atoms with E-state index in [1.54, 1.807) is 6.20 Å². The summed E-state index contributed by atoms with van der Waals surface area (Å²) >= 11 is 0. The topological polar surface area (TPSA) is 57.5 Å². The fraction of sp³-hybridized carbons (Fsp3) is 0.591. The fourth-order valence-corrected chi connectivity index (χ4v) is 4.09. The van der Waals surface area contributed by atoms with Crippen LogP contribution in [0.3, 0.4) is 0 Å². The number of aryl methyl sites for hydroxylation is 1. The molecule has 7 nitrogen and oxygen atoms in total. The molecule has 0 bridgehead atoms. The minimum Gasteiger partial charge on any atom is -0.352 e. The monoisotopic (exact) mass is 398 g/mol. The van der Waals surface area contributed by atoms with Gasteiger partial charge in [0.05, 0.1) is 12.1 Å². The van der Waals surface area contributed by atoms with Crippen LogP contribution in [0.15, 0.2) is 30.7 Å². The van der Waals surface area contributed by atoms with Crippen LogP contribution in [0.2, 0.25) is 0 Å². The molecular formula is C22H34N6O. The van der Waals surface area contributed by atoms with E-state index >= 15 is 0 Å². The molecule has 0 aliphatic carbocycles. The van der Waals surface area contributed by atoms with Crippen molar-refractivity contribution in [1.29, 1.82) is 0 Å². The van der Waals surface area contributed by atoms with Crippen molar-refractivity contribution in [1.82, 2.24) is 24.3 Å². The Morgan fingerprint density at radius 3 is 2.66 bits per heavy atom. The summed E-state index contributed by atoms with van der Waals surface area (Å²) in [4.78, 5) is 28.5. The second-order valence-electron chi connectivity index (χ2n) is 8.04. The highest BCUT2D eigenvalue weighted by atomic mass is 16.2. The third kappa shape index (κ3) is 4.78. The first-order valence-corrected chi connectivity index (χ1v) is 10.7. The molecule has 2 aromatic heterocycles. The molecule has 2 aromatic rings. The molecule has 1 saturated heterocycles. The van der Waals surface area contributed by atoms with Crippen LogP contribution in [-0.4, -0.2) is 69.0 Å². The number of nitrogens with zero attached hydrogens (tertiary/aromatic N) is 6. The van der Waals surface area contributed by atoms with E-state index in [1.807, 2.05) is 36.5 Å². The van der Waals surface area contributed by atoms with Gasteiger partial charge in [-0.25, -0.2) is 9.97 Å². The molecule has 7 heteroatoms. The van der Waals surface area contributed by atoms with Crippen LogP contribution in [0.4, 0.5) is 5.82 Å². The predicted molar refractivity (Wildman–Crippen MR) is 116 cm³/mol. The summed E-state index contributed by atoms with van der Waals surface area (Å²) in [6.07, 6.45) is 6.57. The molecule has 3 rings (SSSR count). The van der Waals surface area contributed by atoms with Gasteiger partial charge in [-0.2, -0.15) is 0 Å². The standard InChI is InChI=1S/C22H34N6O/c1-6-19-15-27(12-13-28(19)17(3)4)22(29)18-8-9-20(24-14-18)25(5)16-21-23-10-11-26(21)7-2/h8-11,14,17,19H,6-7,12-13,15-16H2,1-5H3/t19-/m1/s1. The number of pyridine rings is 1. The largest absolute Gasteiger partial charge is 0.352 e. The van der Waals surface area contributed by atoms with E-state index in [1.165, 1.54) is 0 Å². The lowest BCUT2D eigenvalue weighted by molar-refractivity contribution is 0.0371. The molecule has 1 aliphatic heterocycles. The van der Waals surface area contributed by atoms with Gasteiger partial charge in [0, 0.05) is 63.9 Å². The molecule has 0 N–H and O–H groups in total.